The third-order valence-corrected chi connectivity index (χ3v) is 4.45. The van der Waals surface area contributed by atoms with Crippen LogP contribution in [0.2, 0.25) is 0 Å². The summed E-state index contributed by atoms with van der Waals surface area (Å²) in [4.78, 5) is 13.4. The van der Waals surface area contributed by atoms with Crippen LogP contribution in [0.15, 0.2) is 12.1 Å². The molecule has 1 unspecified atom stereocenters. The van der Waals surface area contributed by atoms with Crippen molar-refractivity contribution in [1.29, 1.82) is 0 Å². The summed E-state index contributed by atoms with van der Waals surface area (Å²) >= 11 is 3.52. The molecule has 17 heavy (non-hydrogen) atoms. The van der Waals surface area contributed by atoms with E-state index in [1.165, 1.54) is 12.0 Å². The number of hydrogen-bond acceptors (Lipinski definition) is 5. The summed E-state index contributed by atoms with van der Waals surface area (Å²) < 4.78 is 4.64. The van der Waals surface area contributed by atoms with E-state index in [9.17, 15) is 4.79 Å². The van der Waals surface area contributed by atoms with Gasteiger partial charge in [0.1, 0.15) is 0 Å². The Balaban J connectivity index is 2.33. The number of carbonyl (C=O) groups excluding carboxylic acids is 1. The number of thioether (sulfide) groups is 1. The molecular weight excluding hydrogens is 254 g/mol. The fourth-order valence-electron chi connectivity index (χ4n) is 1.31. The highest BCUT2D eigenvalue weighted by Gasteiger charge is 2.06. The van der Waals surface area contributed by atoms with Crippen LogP contribution in [0.5, 0.6) is 0 Å². The van der Waals surface area contributed by atoms with Crippen molar-refractivity contribution < 1.29 is 9.53 Å². The van der Waals surface area contributed by atoms with Gasteiger partial charge in [-0.25, -0.2) is 0 Å². The van der Waals surface area contributed by atoms with Crippen LogP contribution in [0, 0.1) is 0 Å². The quantitative estimate of drug-likeness (QED) is 0.774. The smallest absolute Gasteiger partial charge is 0.310 e. The van der Waals surface area contributed by atoms with Crippen molar-refractivity contribution in [3.05, 3.63) is 21.9 Å². The molecule has 0 radical (unpaired) electrons. The lowest BCUT2D eigenvalue weighted by atomic mass is 10.3. The maximum Gasteiger partial charge on any atom is 0.310 e. The van der Waals surface area contributed by atoms with E-state index in [4.69, 9.17) is 0 Å². The Labute approximate surface area is 111 Å². The van der Waals surface area contributed by atoms with Gasteiger partial charge in [-0.3, -0.25) is 4.79 Å². The molecule has 1 rings (SSSR count). The number of hydrogen-bond donors (Lipinski definition) is 1. The molecular formula is C12H19NO2S2. The summed E-state index contributed by atoms with van der Waals surface area (Å²) in [6, 6.07) is 4.07. The summed E-state index contributed by atoms with van der Waals surface area (Å²) in [6.07, 6.45) is 2.49. The van der Waals surface area contributed by atoms with Crippen LogP contribution >= 0.6 is 23.1 Å². The first-order valence-electron chi connectivity index (χ1n) is 5.53. The average Bonchev–Trinajstić information content (AvgIpc) is 2.76. The number of nitrogens with one attached hydrogen (secondary N) is 1. The number of esters is 1. The fourth-order valence-corrected chi connectivity index (χ4v) is 2.57. The Morgan fingerprint density at radius 1 is 1.53 bits per heavy atom. The molecule has 96 valence electrons. The van der Waals surface area contributed by atoms with Gasteiger partial charge in [-0.2, -0.15) is 11.8 Å². The highest BCUT2D eigenvalue weighted by atomic mass is 32.2. The number of thiophene rings is 1. The van der Waals surface area contributed by atoms with Crippen molar-refractivity contribution in [3.63, 3.8) is 0 Å². The Morgan fingerprint density at radius 3 is 2.88 bits per heavy atom. The molecule has 1 N–H and O–H groups in total. The Bertz CT molecular complexity index is 352. The third-order valence-electron chi connectivity index (χ3n) is 2.40. The van der Waals surface area contributed by atoms with Crippen LogP contribution in [0.1, 0.15) is 16.7 Å². The van der Waals surface area contributed by atoms with Gasteiger partial charge in [0.25, 0.3) is 0 Å². The Kier molecular flexibility index (Phi) is 6.62. The van der Waals surface area contributed by atoms with Crippen LogP contribution in [0.3, 0.4) is 0 Å². The van der Waals surface area contributed by atoms with Gasteiger partial charge in [-0.1, -0.05) is 6.92 Å². The minimum Gasteiger partial charge on any atom is -0.469 e. The van der Waals surface area contributed by atoms with E-state index in [1.807, 2.05) is 17.8 Å². The minimum atomic E-state index is -0.178. The molecule has 0 aliphatic rings. The van der Waals surface area contributed by atoms with Crippen molar-refractivity contribution in [2.75, 3.05) is 19.9 Å². The Morgan fingerprint density at radius 2 is 2.24 bits per heavy atom. The zero-order chi connectivity index (χ0) is 12.7. The van der Waals surface area contributed by atoms with Gasteiger partial charge >= 0.3 is 5.97 Å². The molecule has 3 nitrogen and oxygen atoms in total. The molecule has 0 aliphatic carbocycles. The van der Waals surface area contributed by atoms with Gasteiger partial charge in [0.2, 0.25) is 0 Å². The molecule has 0 fully saturated rings. The van der Waals surface area contributed by atoms with E-state index in [-0.39, 0.29) is 5.97 Å². The molecule has 1 atom stereocenters. The van der Waals surface area contributed by atoms with Crippen LogP contribution in [-0.2, 0) is 22.5 Å². The zero-order valence-corrected chi connectivity index (χ0v) is 12.1. The molecule has 5 heteroatoms. The Hall–Kier alpha value is -0.520. The van der Waals surface area contributed by atoms with Crippen LogP contribution in [-0.4, -0.2) is 31.1 Å². The van der Waals surface area contributed by atoms with Crippen molar-refractivity contribution in [3.8, 4) is 0 Å². The molecule has 0 saturated carbocycles. The fraction of sp³-hybridized carbons (Fsp3) is 0.583. The monoisotopic (exact) mass is 273 g/mol. The van der Waals surface area contributed by atoms with Crippen molar-refractivity contribution in [2.24, 2.45) is 0 Å². The number of ether oxygens (including phenoxy) is 1. The first kappa shape index (κ1) is 14.5. The minimum absolute atomic E-state index is 0.178. The predicted molar refractivity (Wildman–Crippen MR) is 74.7 cm³/mol. The second-order valence-corrected chi connectivity index (χ2v) is 6.33. The number of methoxy groups -OCH3 is 1. The van der Waals surface area contributed by atoms with Gasteiger partial charge in [0.05, 0.1) is 13.5 Å². The van der Waals surface area contributed by atoms with Gasteiger partial charge in [0, 0.05) is 28.1 Å². The highest BCUT2D eigenvalue weighted by molar-refractivity contribution is 7.99. The maximum atomic E-state index is 11.1. The van der Waals surface area contributed by atoms with Gasteiger partial charge < -0.3 is 10.1 Å². The summed E-state index contributed by atoms with van der Waals surface area (Å²) in [5, 5.41) is 4.04. The molecule has 1 heterocycles. The topological polar surface area (TPSA) is 38.3 Å². The van der Waals surface area contributed by atoms with E-state index in [2.05, 4.69) is 29.3 Å². The average molecular weight is 273 g/mol. The molecule has 0 aromatic carbocycles. The van der Waals surface area contributed by atoms with Crippen molar-refractivity contribution in [2.45, 2.75) is 25.1 Å². The van der Waals surface area contributed by atoms with Crippen molar-refractivity contribution >= 4 is 29.1 Å². The summed E-state index contributed by atoms with van der Waals surface area (Å²) in [5.74, 6) is -0.178. The molecule has 1 aromatic heterocycles. The lowest BCUT2D eigenvalue weighted by molar-refractivity contribution is -0.139. The zero-order valence-electron chi connectivity index (χ0n) is 10.5. The van der Waals surface area contributed by atoms with E-state index < -0.39 is 0 Å². The van der Waals surface area contributed by atoms with Crippen LogP contribution in [0.4, 0.5) is 0 Å². The molecule has 1 aromatic rings. The van der Waals surface area contributed by atoms with Crippen molar-refractivity contribution in [1.82, 2.24) is 5.32 Å². The third kappa shape index (κ3) is 5.57. The highest BCUT2D eigenvalue weighted by Crippen LogP contribution is 2.17. The molecule has 0 aliphatic heterocycles. The summed E-state index contributed by atoms with van der Waals surface area (Å²) in [5.41, 5.74) is 0. The first-order chi connectivity index (χ1) is 8.15. The summed E-state index contributed by atoms with van der Waals surface area (Å²) in [6.45, 7) is 4.08. The lowest BCUT2D eigenvalue weighted by Gasteiger charge is -2.08. The maximum absolute atomic E-state index is 11.1. The number of carbonyl (C=O) groups is 1. The van der Waals surface area contributed by atoms with Gasteiger partial charge in [-0.15, -0.1) is 11.3 Å². The standard InChI is InChI=1S/C12H19NO2S2/c1-9(16-3)7-13-8-11-5-4-10(17-11)6-12(14)15-2/h4-5,9,13H,6-8H2,1-3H3. The second kappa shape index (κ2) is 7.74. The second-order valence-electron chi connectivity index (χ2n) is 3.80. The SMILES string of the molecule is COC(=O)Cc1ccc(CNCC(C)SC)s1. The van der Waals surface area contributed by atoms with Crippen LogP contribution < -0.4 is 5.32 Å². The summed E-state index contributed by atoms with van der Waals surface area (Å²) in [7, 11) is 1.42. The number of rotatable bonds is 7. The van der Waals surface area contributed by atoms with Gasteiger partial charge in [0.15, 0.2) is 0 Å². The molecule has 0 amide bonds. The van der Waals surface area contributed by atoms with E-state index in [1.54, 1.807) is 11.3 Å². The van der Waals surface area contributed by atoms with Gasteiger partial charge in [-0.05, 0) is 18.4 Å². The van der Waals surface area contributed by atoms with E-state index in [0.717, 1.165) is 18.0 Å². The predicted octanol–water partition coefficient (Wildman–Crippen LogP) is 2.30. The lowest BCUT2D eigenvalue weighted by Crippen LogP contribution is -2.21. The first-order valence-corrected chi connectivity index (χ1v) is 7.64. The largest absolute Gasteiger partial charge is 0.469 e. The van der Waals surface area contributed by atoms with E-state index in [0.29, 0.717) is 11.7 Å². The molecule has 0 spiro atoms. The van der Waals surface area contributed by atoms with Crippen LogP contribution in [0.25, 0.3) is 0 Å². The molecule has 0 saturated heterocycles. The normalized spacial score (nSPS) is 12.4. The molecule has 0 bridgehead atoms. The van der Waals surface area contributed by atoms with E-state index >= 15 is 0 Å².